The van der Waals surface area contributed by atoms with Crippen LogP contribution in [0.4, 0.5) is 0 Å². The number of rotatable bonds is 4. The Labute approximate surface area is 137 Å². The predicted octanol–water partition coefficient (Wildman–Crippen LogP) is 3.45. The number of carbonyl (C=O) groups excluding carboxylic acids is 1. The maximum absolute atomic E-state index is 12.3. The predicted molar refractivity (Wildman–Crippen MR) is 82.7 cm³/mol. The maximum Gasteiger partial charge on any atom is 0.291 e. The lowest BCUT2D eigenvalue weighted by molar-refractivity contribution is 0.0154. The molecule has 0 radical (unpaired) electrons. The van der Waals surface area contributed by atoms with Gasteiger partial charge in [-0.3, -0.25) is 4.79 Å². The van der Waals surface area contributed by atoms with Gasteiger partial charge in [0.05, 0.1) is 23.8 Å². The molecule has 0 saturated carbocycles. The summed E-state index contributed by atoms with van der Waals surface area (Å²) in [5.41, 5.74) is 0.673. The first-order valence-corrected chi connectivity index (χ1v) is 7.68. The molecule has 1 aliphatic rings. The van der Waals surface area contributed by atoms with Crippen LogP contribution in [0, 0.1) is 0 Å². The molecular formula is C15H14Cl2N2O3. The fourth-order valence-corrected chi connectivity index (χ4v) is 2.61. The van der Waals surface area contributed by atoms with Gasteiger partial charge >= 0.3 is 0 Å². The van der Waals surface area contributed by atoms with Crippen molar-refractivity contribution in [2.24, 2.45) is 0 Å². The van der Waals surface area contributed by atoms with Gasteiger partial charge in [0.25, 0.3) is 5.91 Å². The molecule has 0 aliphatic carbocycles. The molecule has 0 N–H and O–H groups in total. The van der Waals surface area contributed by atoms with Crippen molar-refractivity contribution in [3.05, 3.63) is 46.1 Å². The van der Waals surface area contributed by atoms with Crippen molar-refractivity contribution in [3.8, 4) is 5.75 Å². The van der Waals surface area contributed by atoms with Crippen LogP contribution in [0.2, 0.25) is 10.0 Å². The number of oxazole rings is 1. The van der Waals surface area contributed by atoms with Crippen LogP contribution in [0.25, 0.3) is 0 Å². The van der Waals surface area contributed by atoms with Crippen LogP contribution in [-0.4, -0.2) is 35.0 Å². The molecule has 0 unspecified atom stereocenters. The highest BCUT2D eigenvalue weighted by atomic mass is 35.5. The van der Waals surface area contributed by atoms with E-state index in [1.807, 2.05) is 6.92 Å². The first-order valence-electron chi connectivity index (χ1n) is 6.92. The second-order valence-electron chi connectivity index (χ2n) is 4.98. The molecule has 5 nitrogen and oxygen atoms in total. The molecule has 1 amide bonds. The van der Waals surface area contributed by atoms with E-state index in [2.05, 4.69) is 4.98 Å². The lowest BCUT2D eigenvalue weighted by Gasteiger charge is -2.38. The number of halogens is 2. The van der Waals surface area contributed by atoms with E-state index in [1.165, 1.54) is 6.39 Å². The van der Waals surface area contributed by atoms with E-state index in [0.29, 0.717) is 46.8 Å². The number of carbonyl (C=O) groups is 1. The molecule has 22 heavy (non-hydrogen) atoms. The van der Waals surface area contributed by atoms with Crippen molar-refractivity contribution in [1.82, 2.24) is 9.88 Å². The fraction of sp³-hybridized carbons (Fsp3) is 0.333. The monoisotopic (exact) mass is 340 g/mol. The van der Waals surface area contributed by atoms with E-state index in [1.54, 1.807) is 23.1 Å². The van der Waals surface area contributed by atoms with Gasteiger partial charge in [0.15, 0.2) is 6.39 Å². The molecule has 0 spiro atoms. The summed E-state index contributed by atoms with van der Waals surface area (Å²) in [5, 5.41) is 0.832. The van der Waals surface area contributed by atoms with Crippen molar-refractivity contribution >= 4 is 29.1 Å². The Hall–Kier alpha value is -1.72. The summed E-state index contributed by atoms with van der Waals surface area (Å²) in [7, 11) is 0. The van der Waals surface area contributed by atoms with Gasteiger partial charge in [0, 0.05) is 0 Å². The van der Waals surface area contributed by atoms with Gasteiger partial charge in [-0.05, 0) is 18.6 Å². The van der Waals surface area contributed by atoms with Gasteiger partial charge in [-0.25, -0.2) is 4.98 Å². The zero-order valence-electron chi connectivity index (χ0n) is 11.9. The number of hydrogen-bond donors (Lipinski definition) is 0. The number of likely N-dealkylation sites (tertiary alicyclic amines) is 1. The molecule has 2 heterocycles. The molecule has 1 aromatic heterocycles. The summed E-state index contributed by atoms with van der Waals surface area (Å²) in [5.74, 6) is 0.674. The Morgan fingerprint density at radius 3 is 2.95 bits per heavy atom. The van der Waals surface area contributed by atoms with Crippen molar-refractivity contribution in [2.45, 2.75) is 19.4 Å². The minimum atomic E-state index is -0.161. The smallest absolute Gasteiger partial charge is 0.291 e. The molecule has 7 heteroatoms. The Morgan fingerprint density at radius 1 is 1.45 bits per heavy atom. The van der Waals surface area contributed by atoms with Crippen molar-refractivity contribution in [2.75, 3.05) is 13.1 Å². The highest BCUT2D eigenvalue weighted by molar-refractivity contribution is 6.42. The van der Waals surface area contributed by atoms with Crippen LogP contribution >= 0.6 is 23.2 Å². The first-order chi connectivity index (χ1) is 10.6. The lowest BCUT2D eigenvalue weighted by atomic mass is 10.1. The lowest BCUT2D eigenvalue weighted by Crippen LogP contribution is -2.56. The maximum atomic E-state index is 12.3. The molecule has 3 rings (SSSR count). The minimum Gasteiger partial charge on any atom is -0.485 e. The van der Waals surface area contributed by atoms with E-state index in [4.69, 9.17) is 32.4 Å². The van der Waals surface area contributed by atoms with Gasteiger partial charge < -0.3 is 14.1 Å². The Morgan fingerprint density at radius 2 is 2.23 bits per heavy atom. The summed E-state index contributed by atoms with van der Waals surface area (Å²) in [4.78, 5) is 18.0. The van der Waals surface area contributed by atoms with Crippen molar-refractivity contribution in [1.29, 1.82) is 0 Å². The van der Waals surface area contributed by atoms with Crippen molar-refractivity contribution in [3.63, 3.8) is 0 Å². The quantitative estimate of drug-likeness (QED) is 0.855. The standard InChI is InChI=1S/C15H14Cl2N2O3/c1-2-11-14(21-8-18-11)15(20)19-6-9(7-19)22-12-5-3-4-10(16)13(12)17/h3-5,8-9H,2,6-7H2,1H3. The number of benzene rings is 1. The van der Waals surface area contributed by atoms with Crippen LogP contribution in [0.3, 0.4) is 0 Å². The molecule has 116 valence electrons. The summed E-state index contributed by atoms with van der Waals surface area (Å²) >= 11 is 12.0. The largest absolute Gasteiger partial charge is 0.485 e. The zero-order valence-corrected chi connectivity index (χ0v) is 13.4. The average molecular weight is 341 g/mol. The first kappa shape index (κ1) is 15.2. The van der Waals surface area contributed by atoms with E-state index in [0.717, 1.165) is 0 Å². The SMILES string of the molecule is CCc1ncoc1C(=O)N1CC(Oc2cccc(Cl)c2Cl)C1. The Bertz CT molecular complexity index is 696. The van der Waals surface area contributed by atoms with Crippen LogP contribution < -0.4 is 4.74 Å². The number of nitrogens with zero attached hydrogens (tertiary/aromatic N) is 2. The molecule has 2 aromatic rings. The van der Waals surface area contributed by atoms with Crippen LogP contribution in [0.5, 0.6) is 5.75 Å². The third-order valence-electron chi connectivity index (χ3n) is 3.52. The molecule has 0 atom stereocenters. The van der Waals surface area contributed by atoms with Gasteiger partial charge in [-0.15, -0.1) is 0 Å². The Kier molecular flexibility index (Phi) is 4.27. The number of aryl methyl sites for hydroxylation is 1. The summed E-state index contributed by atoms with van der Waals surface area (Å²) in [6, 6.07) is 5.22. The van der Waals surface area contributed by atoms with Crippen LogP contribution in [0.1, 0.15) is 23.2 Å². The van der Waals surface area contributed by atoms with E-state index in [-0.39, 0.29) is 12.0 Å². The third-order valence-corrected chi connectivity index (χ3v) is 4.32. The van der Waals surface area contributed by atoms with Gasteiger partial charge in [0.2, 0.25) is 5.76 Å². The molecule has 1 fully saturated rings. The fourth-order valence-electron chi connectivity index (χ4n) is 2.27. The Balaban J connectivity index is 1.60. The molecule has 0 bridgehead atoms. The van der Waals surface area contributed by atoms with Crippen LogP contribution in [-0.2, 0) is 6.42 Å². The second-order valence-corrected chi connectivity index (χ2v) is 5.77. The average Bonchev–Trinajstić information content (AvgIpc) is 2.94. The van der Waals surface area contributed by atoms with E-state index in [9.17, 15) is 4.79 Å². The van der Waals surface area contributed by atoms with Gasteiger partial charge in [0.1, 0.15) is 16.9 Å². The highest BCUT2D eigenvalue weighted by Crippen LogP contribution is 2.33. The van der Waals surface area contributed by atoms with E-state index < -0.39 is 0 Å². The third kappa shape index (κ3) is 2.78. The number of aromatic nitrogens is 1. The number of hydrogen-bond acceptors (Lipinski definition) is 4. The summed E-state index contributed by atoms with van der Waals surface area (Å²) in [6.45, 7) is 2.88. The minimum absolute atomic E-state index is 0.104. The topological polar surface area (TPSA) is 55.6 Å². The van der Waals surface area contributed by atoms with Crippen molar-refractivity contribution < 1.29 is 13.9 Å². The van der Waals surface area contributed by atoms with Gasteiger partial charge in [-0.1, -0.05) is 36.2 Å². The van der Waals surface area contributed by atoms with E-state index >= 15 is 0 Å². The highest BCUT2D eigenvalue weighted by Gasteiger charge is 2.35. The van der Waals surface area contributed by atoms with Crippen LogP contribution in [0.15, 0.2) is 29.0 Å². The number of amides is 1. The summed E-state index contributed by atoms with van der Waals surface area (Å²) in [6.07, 6.45) is 1.85. The molecular weight excluding hydrogens is 327 g/mol. The molecule has 1 saturated heterocycles. The zero-order chi connectivity index (χ0) is 15.7. The molecule has 1 aliphatic heterocycles. The normalized spacial score (nSPS) is 14.8. The van der Waals surface area contributed by atoms with Gasteiger partial charge in [-0.2, -0.15) is 0 Å². The summed E-state index contributed by atoms with van der Waals surface area (Å²) < 4.78 is 10.9. The molecule has 1 aromatic carbocycles. The number of ether oxygens (including phenoxy) is 1. The second kappa shape index (κ2) is 6.18.